The summed E-state index contributed by atoms with van der Waals surface area (Å²) in [5.74, 6) is -1.40. The summed E-state index contributed by atoms with van der Waals surface area (Å²) < 4.78 is 5.35. The van der Waals surface area contributed by atoms with Crippen molar-refractivity contribution < 1.29 is 29.0 Å². The molecule has 1 heterocycles. The number of amides is 2. The third-order valence-corrected chi connectivity index (χ3v) is 6.29. The van der Waals surface area contributed by atoms with E-state index in [1.165, 1.54) is 6.08 Å². The van der Waals surface area contributed by atoms with E-state index in [1.54, 1.807) is 18.2 Å². The van der Waals surface area contributed by atoms with Gasteiger partial charge in [0.25, 0.3) is 11.1 Å². The molecule has 1 aliphatic heterocycles. The minimum atomic E-state index is -0.742. The summed E-state index contributed by atoms with van der Waals surface area (Å²) in [6.45, 7) is 0. The minimum absolute atomic E-state index is 0.209. The number of halogens is 1. The number of carbonyl (C=O) groups excluding carboxylic acids is 3. The molecule has 0 unspecified atom stereocenters. The molecule has 2 N–H and O–H groups in total. The number of aliphatic carboxylic acids is 1. The Balaban J connectivity index is 0.000000289. The molecule has 37 heavy (non-hydrogen) atoms. The zero-order chi connectivity index (χ0) is 26.6. The van der Waals surface area contributed by atoms with Crippen LogP contribution >= 0.6 is 23.4 Å². The van der Waals surface area contributed by atoms with Crippen molar-refractivity contribution in [2.24, 2.45) is 0 Å². The Morgan fingerprint density at radius 1 is 0.865 bits per heavy atom. The number of imide groups is 1. The Morgan fingerprint density at radius 2 is 1.46 bits per heavy atom. The monoisotopic (exact) mass is 537 g/mol. The largest absolute Gasteiger partial charge is 0.481 e. The van der Waals surface area contributed by atoms with Gasteiger partial charge in [0.15, 0.2) is 0 Å². The maximum absolute atomic E-state index is 12.1. The number of aryl methyl sites for hydroxylation is 2. The number of hydrogen-bond donors (Lipinski definition) is 2. The van der Waals surface area contributed by atoms with Crippen molar-refractivity contribution in [3.8, 4) is 5.75 Å². The van der Waals surface area contributed by atoms with Crippen LogP contribution in [0.25, 0.3) is 6.08 Å². The lowest BCUT2D eigenvalue weighted by atomic mass is 10.1. The van der Waals surface area contributed by atoms with Gasteiger partial charge < -0.3 is 9.84 Å². The average molecular weight is 538 g/mol. The number of ether oxygens (including phenoxy) is 1. The van der Waals surface area contributed by atoms with Crippen molar-refractivity contribution in [2.45, 2.75) is 25.7 Å². The van der Waals surface area contributed by atoms with Crippen LogP contribution in [0, 0.1) is 0 Å². The molecule has 3 aromatic carbocycles. The third-order valence-electron chi connectivity index (χ3n) is 5.08. The van der Waals surface area contributed by atoms with Crippen LogP contribution in [0.1, 0.15) is 29.5 Å². The van der Waals surface area contributed by atoms with Gasteiger partial charge in [-0.3, -0.25) is 24.5 Å². The Hall–Kier alpha value is -3.88. The lowest BCUT2D eigenvalue weighted by molar-refractivity contribution is -0.137. The van der Waals surface area contributed by atoms with Gasteiger partial charge in [-0.1, -0.05) is 84.4 Å². The summed E-state index contributed by atoms with van der Waals surface area (Å²) in [6.07, 6.45) is 3.12. The lowest BCUT2D eigenvalue weighted by Crippen LogP contribution is -2.17. The molecule has 0 bridgehead atoms. The van der Waals surface area contributed by atoms with Crippen LogP contribution in [0.2, 0.25) is 5.02 Å². The second-order valence-corrected chi connectivity index (χ2v) is 9.24. The van der Waals surface area contributed by atoms with Crippen LogP contribution in [-0.4, -0.2) is 28.2 Å². The number of carbonyl (C=O) groups is 4. The van der Waals surface area contributed by atoms with E-state index in [4.69, 9.17) is 21.4 Å². The third kappa shape index (κ3) is 9.25. The van der Waals surface area contributed by atoms with Crippen LogP contribution in [-0.2, 0) is 27.2 Å². The molecule has 0 radical (unpaired) electrons. The minimum Gasteiger partial charge on any atom is -0.481 e. The van der Waals surface area contributed by atoms with Crippen molar-refractivity contribution >= 4 is 52.5 Å². The summed E-state index contributed by atoms with van der Waals surface area (Å²) in [5, 5.41) is 10.3. The van der Waals surface area contributed by atoms with Crippen LogP contribution < -0.4 is 10.1 Å². The quantitative estimate of drug-likeness (QED) is 0.209. The van der Waals surface area contributed by atoms with E-state index in [-0.39, 0.29) is 28.5 Å². The van der Waals surface area contributed by atoms with Crippen LogP contribution in [0.5, 0.6) is 5.75 Å². The Kier molecular flexibility index (Phi) is 10.5. The number of carboxylic acid groups (broad SMARTS) is 1. The smallest absolute Gasteiger partial charge is 0.311 e. The summed E-state index contributed by atoms with van der Waals surface area (Å²) in [6, 6.07) is 24.2. The molecular weight excluding hydrogens is 514 g/mol. The van der Waals surface area contributed by atoms with E-state index in [9.17, 15) is 19.2 Å². The Bertz CT molecular complexity index is 1290. The molecule has 0 aliphatic carbocycles. The van der Waals surface area contributed by atoms with Gasteiger partial charge >= 0.3 is 11.9 Å². The molecule has 0 spiro atoms. The van der Waals surface area contributed by atoms with Gasteiger partial charge in [0.1, 0.15) is 5.75 Å². The fraction of sp³-hybridized carbons (Fsp3) is 0.143. The van der Waals surface area contributed by atoms with E-state index in [0.29, 0.717) is 18.4 Å². The maximum atomic E-state index is 12.1. The highest BCUT2D eigenvalue weighted by atomic mass is 35.5. The highest BCUT2D eigenvalue weighted by Crippen LogP contribution is 2.33. The van der Waals surface area contributed by atoms with E-state index in [2.05, 4.69) is 5.32 Å². The van der Waals surface area contributed by atoms with Gasteiger partial charge in [0.2, 0.25) is 0 Å². The number of esters is 1. The van der Waals surface area contributed by atoms with Crippen molar-refractivity contribution in [3.05, 3.63) is 105 Å². The first-order chi connectivity index (χ1) is 17.8. The highest BCUT2D eigenvalue weighted by Gasteiger charge is 2.25. The summed E-state index contributed by atoms with van der Waals surface area (Å²) in [7, 11) is 0. The topological polar surface area (TPSA) is 110 Å². The van der Waals surface area contributed by atoms with E-state index in [1.807, 2.05) is 60.7 Å². The van der Waals surface area contributed by atoms with E-state index in [0.717, 1.165) is 22.9 Å². The average Bonchev–Trinajstić information content (AvgIpc) is 3.21. The van der Waals surface area contributed by atoms with Gasteiger partial charge in [-0.05, 0) is 53.4 Å². The maximum Gasteiger partial charge on any atom is 0.311 e. The molecule has 3 aromatic rings. The van der Waals surface area contributed by atoms with Crippen molar-refractivity contribution in [1.82, 2.24) is 5.32 Å². The molecule has 2 amide bonds. The lowest BCUT2D eigenvalue weighted by Gasteiger charge is -2.08. The number of thioether (sulfide) groups is 1. The second-order valence-electron chi connectivity index (χ2n) is 7.85. The summed E-state index contributed by atoms with van der Waals surface area (Å²) in [5.41, 5.74) is 2.62. The second kappa shape index (κ2) is 14.0. The van der Waals surface area contributed by atoms with Gasteiger partial charge in [-0.15, -0.1) is 0 Å². The first-order valence-corrected chi connectivity index (χ1v) is 12.5. The first-order valence-electron chi connectivity index (χ1n) is 11.4. The van der Waals surface area contributed by atoms with Gasteiger partial charge in [-0.2, -0.15) is 0 Å². The molecular formula is C28H24ClNO6S. The Morgan fingerprint density at radius 3 is 2.00 bits per heavy atom. The predicted octanol–water partition coefficient (Wildman–Crippen LogP) is 5.91. The van der Waals surface area contributed by atoms with Gasteiger partial charge in [0, 0.05) is 12.8 Å². The molecule has 1 saturated heterocycles. The molecule has 0 saturated carbocycles. The fourth-order valence-electron chi connectivity index (χ4n) is 3.24. The van der Waals surface area contributed by atoms with Crippen LogP contribution in [0.4, 0.5) is 4.79 Å². The van der Waals surface area contributed by atoms with Crippen molar-refractivity contribution in [2.75, 3.05) is 0 Å². The SMILES string of the molecule is O=C(CCc1ccccc1)Oc1cccc(/C=C2\SC(=O)NC2=O)c1Cl.O=C(O)CCc1ccccc1. The zero-order valence-corrected chi connectivity index (χ0v) is 21.3. The molecule has 1 fully saturated rings. The zero-order valence-electron chi connectivity index (χ0n) is 19.7. The number of carboxylic acids is 1. The molecule has 4 rings (SSSR count). The summed E-state index contributed by atoms with van der Waals surface area (Å²) >= 11 is 7.08. The molecule has 0 atom stereocenters. The van der Waals surface area contributed by atoms with Crippen molar-refractivity contribution in [3.63, 3.8) is 0 Å². The first kappa shape index (κ1) is 27.7. The number of nitrogens with one attached hydrogen (secondary N) is 1. The van der Waals surface area contributed by atoms with Crippen LogP contribution in [0.3, 0.4) is 0 Å². The van der Waals surface area contributed by atoms with E-state index >= 15 is 0 Å². The fourth-order valence-corrected chi connectivity index (χ4v) is 4.13. The number of hydrogen-bond acceptors (Lipinski definition) is 6. The molecule has 190 valence electrons. The molecule has 9 heteroatoms. The predicted molar refractivity (Wildman–Crippen MR) is 143 cm³/mol. The Labute approximate surface area is 223 Å². The van der Waals surface area contributed by atoms with E-state index < -0.39 is 23.1 Å². The molecule has 7 nitrogen and oxygen atoms in total. The number of benzene rings is 3. The molecule has 1 aliphatic rings. The normalized spacial score (nSPS) is 13.5. The van der Waals surface area contributed by atoms with Gasteiger partial charge in [-0.25, -0.2) is 0 Å². The molecule has 0 aromatic heterocycles. The highest BCUT2D eigenvalue weighted by molar-refractivity contribution is 8.18. The summed E-state index contributed by atoms with van der Waals surface area (Å²) in [4.78, 5) is 45.4. The van der Waals surface area contributed by atoms with Gasteiger partial charge in [0.05, 0.1) is 9.93 Å². The standard InChI is InChI=1S/C19H14ClNO4S.C9H10O2/c20-17-13(11-15-18(23)21-19(24)26-15)7-4-8-14(17)25-16(22)10-9-12-5-2-1-3-6-12;10-9(11)7-6-8-4-2-1-3-5-8/h1-8,11H,9-10H2,(H,21,23,24);1-5H,6-7H2,(H,10,11)/b15-11-;. The van der Waals surface area contributed by atoms with Crippen molar-refractivity contribution in [1.29, 1.82) is 0 Å². The van der Waals surface area contributed by atoms with Crippen LogP contribution in [0.15, 0.2) is 83.8 Å². The number of rotatable bonds is 8.